The minimum absolute atomic E-state index is 0.126. The first-order chi connectivity index (χ1) is 14.7. The number of piperazine rings is 1. The second-order valence-corrected chi connectivity index (χ2v) is 8.48. The van der Waals surface area contributed by atoms with E-state index in [4.69, 9.17) is 4.74 Å². The molecule has 0 bridgehead atoms. The fourth-order valence-corrected chi connectivity index (χ4v) is 4.75. The molecule has 160 valence electrons. The van der Waals surface area contributed by atoms with Crippen LogP contribution in [-0.4, -0.2) is 62.1 Å². The highest BCUT2D eigenvalue weighted by atomic mass is 16.5. The van der Waals surface area contributed by atoms with Crippen LogP contribution < -0.4 is 9.64 Å². The van der Waals surface area contributed by atoms with Crippen LogP contribution >= 0.6 is 0 Å². The molecule has 2 aromatic rings. The third-order valence-corrected chi connectivity index (χ3v) is 6.53. The largest absolute Gasteiger partial charge is 0.495 e. The number of carbonyl (C=O) groups is 1. The molecule has 5 heteroatoms. The molecule has 2 fully saturated rings. The summed E-state index contributed by atoms with van der Waals surface area (Å²) in [5.74, 6) is 1.36. The number of likely N-dealkylation sites (tertiary alicyclic amines) is 1. The Bertz CT molecular complexity index is 861. The molecule has 2 aliphatic heterocycles. The second-order valence-electron chi connectivity index (χ2n) is 8.48. The van der Waals surface area contributed by atoms with E-state index in [9.17, 15) is 4.79 Å². The van der Waals surface area contributed by atoms with Gasteiger partial charge in [-0.3, -0.25) is 9.69 Å². The van der Waals surface area contributed by atoms with Gasteiger partial charge in [0.1, 0.15) is 5.75 Å². The lowest BCUT2D eigenvalue weighted by molar-refractivity contribution is -0.137. The molecule has 0 N–H and O–H groups in total. The van der Waals surface area contributed by atoms with Crippen LogP contribution in [0.1, 0.15) is 24.0 Å². The molecule has 4 rings (SSSR count). The maximum Gasteiger partial charge on any atom is 0.227 e. The van der Waals surface area contributed by atoms with Gasteiger partial charge in [-0.25, -0.2) is 0 Å². The van der Waals surface area contributed by atoms with E-state index in [-0.39, 0.29) is 5.92 Å². The van der Waals surface area contributed by atoms with E-state index in [1.807, 2.05) is 18.2 Å². The molecule has 1 atom stereocenters. The maximum absolute atomic E-state index is 13.2. The number of rotatable bonds is 5. The van der Waals surface area contributed by atoms with Crippen molar-refractivity contribution in [2.75, 3.05) is 51.3 Å². The van der Waals surface area contributed by atoms with Gasteiger partial charge < -0.3 is 14.5 Å². The van der Waals surface area contributed by atoms with Crippen molar-refractivity contribution in [2.24, 2.45) is 5.92 Å². The Morgan fingerprint density at radius 2 is 1.73 bits per heavy atom. The Balaban J connectivity index is 1.33. The number of nitrogens with zero attached hydrogens (tertiary/aromatic N) is 3. The first-order valence-corrected chi connectivity index (χ1v) is 11.1. The topological polar surface area (TPSA) is 36.0 Å². The Morgan fingerprint density at radius 3 is 2.50 bits per heavy atom. The van der Waals surface area contributed by atoms with Crippen LogP contribution in [-0.2, 0) is 11.3 Å². The fourth-order valence-electron chi connectivity index (χ4n) is 4.75. The highest BCUT2D eigenvalue weighted by Crippen LogP contribution is 2.29. The van der Waals surface area contributed by atoms with Gasteiger partial charge in [-0.1, -0.05) is 36.4 Å². The van der Waals surface area contributed by atoms with Gasteiger partial charge in [-0.2, -0.15) is 0 Å². The first-order valence-electron chi connectivity index (χ1n) is 11.1. The lowest BCUT2D eigenvalue weighted by Crippen LogP contribution is -2.52. The first kappa shape index (κ1) is 20.7. The number of hydrogen-bond donors (Lipinski definition) is 0. The standard InChI is InChI=1S/C25H33N3O2/c1-20-8-3-4-9-21(20)18-26-13-7-10-22(19-26)25(29)28-16-14-27(15-17-28)23-11-5-6-12-24(23)30-2/h3-6,8-9,11-12,22H,7,10,13-19H2,1-2H3. The highest BCUT2D eigenvalue weighted by molar-refractivity contribution is 5.79. The zero-order valence-electron chi connectivity index (χ0n) is 18.2. The molecular formula is C25H33N3O2. The Labute approximate surface area is 180 Å². The van der Waals surface area contributed by atoms with Crippen molar-refractivity contribution in [2.45, 2.75) is 26.3 Å². The van der Waals surface area contributed by atoms with E-state index in [1.54, 1.807) is 7.11 Å². The third kappa shape index (κ3) is 4.62. The number of benzene rings is 2. The fraction of sp³-hybridized carbons (Fsp3) is 0.480. The Kier molecular flexibility index (Phi) is 6.58. The SMILES string of the molecule is COc1ccccc1N1CCN(C(=O)C2CCCN(Cc3ccccc3C)C2)CC1. The van der Waals surface area contributed by atoms with Crippen molar-refractivity contribution < 1.29 is 9.53 Å². The quantitative estimate of drug-likeness (QED) is 0.759. The summed E-state index contributed by atoms with van der Waals surface area (Å²) in [6, 6.07) is 16.7. The van der Waals surface area contributed by atoms with E-state index >= 15 is 0 Å². The van der Waals surface area contributed by atoms with Crippen LogP contribution in [0.2, 0.25) is 0 Å². The van der Waals surface area contributed by atoms with Crippen molar-refractivity contribution in [1.29, 1.82) is 0 Å². The van der Waals surface area contributed by atoms with Gasteiger partial charge in [-0.05, 0) is 49.6 Å². The lowest BCUT2D eigenvalue weighted by Gasteiger charge is -2.40. The number of carbonyl (C=O) groups excluding carboxylic acids is 1. The molecule has 0 spiro atoms. The smallest absolute Gasteiger partial charge is 0.227 e. The summed E-state index contributed by atoms with van der Waals surface area (Å²) in [4.78, 5) is 20.1. The summed E-state index contributed by atoms with van der Waals surface area (Å²) in [6.45, 7) is 8.34. The lowest BCUT2D eigenvalue weighted by atomic mass is 9.95. The van der Waals surface area contributed by atoms with E-state index in [2.05, 4.69) is 52.0 Å². The summed E-state index contributed by atoms with van der Waals surface area (Å²) in [7, 11) is 1.71. The number of aryl methyl sites for hydroxylation is 1. The second kappa shape index (κ2) is 9.52. The number of piperidine rings is 1. The molecule has 0 saturated carbocycles. The van der Waals surface area contributed by atoms with Crippen molar-refractivity contribution in [3.63, 3.8) is 0 Å². The van der Waals surface area contributed by atoms with Gasteiger partial charge in [0.2, 0.25) is 5.91 Å². The molecule has 30 heavy (non-hydrogen) atoms. The zero-order chi connectivity index (χ0) is 20.9. The van der Waals surface area contributed by atoms with Crippen LogP contribution in [0.15, 0.2) is 48.5 Å². The van der Waals surface area contributed by atoms with Crippen LogP contribution in [0.3, 0.4) is 0 Å². The summed E-state index contributed by atoms with van der Waals surface area (Å²) in [5.41, 5.74) is 3.82. The molecule has 0 radical (unpaired) electrons. The molecule has 0 aliphatic carbocycles. The van der Waals surface area contributed by atoms with Gasteiger partial charge >= 0.3 is 0 Å². The number of hydrogen-bond acceptors (Lipinski definition) is 4. The van der Waals surface area contributed by atoms with Crippen molar-refractivity contribution in [3.8, 4) is 5.75 Å². The van der Waals surface area contributed by atoms with Crippen molar-refractivity contribution >= 4 is 11.6 Å². The molecular weight excluding hydrogens is 374 g/mol. The van der Waals surface area contributed by atoms with Crippen LogP contribution in [0.4, 0.5) is 5.69 Å². The summed E-state index contributed by atoms with van der Waals surface area (Å²) >= 11 is 0. The van der Waals surface area contributed by atoms with Gasteiger partial charge in [0.05, 0.1) is 18.7 Å². The monoisotopic (exact) mass is 407 g/mol. The molecule has 2 saturated heterocycles. The highest BCUT2D eigenvalue weighted by Gasteiger charge is 2.31. The number of methoxy groups -OCH3 is 1. The number of para-hydroxylation sites is 2. The predicted octanol–water partition coefficient (Wildman–Crippen LogP) is 3.56. The van der Waals surface area contributed by atoms with Crippen molar-refractivity contribution in [1.82, 2.24) is 9.80 Å². The van der Waals surface area contributed by atoms with Crippen LogP contribution in [0, 0.1) is 12.8 Å². The number of amides is 1. The Morgan fingerprint density at radius 1 is 1.00 bits per heavy atom. The minimum atomic E-state index is 0.126. The third-order valence-electron chi connectivity index (χ3n) is 6.53. The molecule has 1 unspecified atom stereocenters. The zero-order valence-corrected chi connectivity index (χ0v) is 18.2. The Hall–Kier alpha value is -2.53. The molecule has 1 amide bonds. The van der Waals surface area contributed by atoms with E-state index in [1.165, 1.54) is 11.1 Å². The number of ether oxygens (including phenoxy) is 1. The summed E-state index contributed by atoms with van der Waals surface area (Å²) < 4.78 is 5.51. The molecule has 0 aromatic heterocycles. The average Bonchev–Trinajstić information content (AvgIpc) is 2.80. The minimum Gasteiger partial charge on any atom is -0.495 e. The van der Waals surface area contributed by atoms with Gasteiger partial charge in [-0.15, -0.1) is 0 Å². The molecule has 2 heterocycles. The predicted molar refractivity (Wildman–Crippen MR) is 121 cm³/mol. The van der Waals surface area contributed by atoms with E-state index in [0.717, 1.165) is 70.1 Å². The maximum atomic E-state index is 13.2. The van der Waals surface area contributed by atoms with Crippen LogP contribution in [0.25, 0.3) is 0 Å². The molecule has 5 nitrogen and oxygen atoms in total. The van der Waals surface area contributed by atoms with E-state index < -0.39 is 0 Å². The van der Waals surface area contributed by atoms with Gasteiger partial charge in [0.25, 0.3) is 0 Å². The van der Waals surface area contributed by atoms with E-state index in [0.29, 0.717) is 5.91 Å². The van der Waals surface area contributed by atoms with Crippen molar-refractivity contribution in [3.05, 3.63) is 59.7 Å². The average molecular weight is 408 g/mol. The van der Waals surface area contributed by atoms with Crippen LogP contribution in [0.5, 0.6) is 5.75 Å². The summed E-state index contributed by atoms with van der Waals surface area (Å²) in [5, 5.41) is 0. The van der Waals surface area contributed by atoms with Gasteiger partial charge in [0, 0.05) is 39.3 Å². The molecule has 2 aliphatic rings. The van der Waals surface area contributed by atoms with Gasteiger partial charge in [0.15, 0.2) is 0 Å². The summed E-state index contributed by atoms with van der Waals surface area (Å²) in [6.07, 6.45) is 2.11. The normalized spacial score (nSPS) is 20.3. The molecule has 2 aromatic carbocycles. The number of anilines is 1.